The van der Waals surface area contributed by atoms with Gasteiger partial charge in [-0.2, -0.15) is 0 Å². The standard InChI is InChI=1S/C24H40N5O4P/c1-3-4-5-6-7-8-9-10-11-12-13-14-15-16-33-34(30,31)20-32-21(2)17-29-19-28-22-23(25)26-18-27-24(22)29/h1,18-19,21H,4-17,20H2,2H3,(H,30,31)(H2,25,26,27)/t21-/m1/s1. The monoisotopic (exact) mass is 493 g/mol. The second kappa shape index (κ2) is 15.8. The average molecular weight is 494 g/mol. The topological polar surface area (TPSA) is 125 Å². The fourth-order valence-electron chi connectivity index (χ4n) is 3.75. The van der Waals surface area contributed by atoms with E-state index in [-0.39, 0.29) is 19.1 Å². The number of ether oxygens (including phenoxy) is 1. The van der Waals surface area contributed by atoms with E-state index in [1.807, 2.05) is 6.92 Å². The zero-order chi connectivity index (χ0) is 24.7. The van der Waals surface area contributed by atoms with E-state index in [9.17, 15) is 9.46 Å². The Morgan fingerprint density at radius 3 is 2.32 bits per heavy atom. The van der Waals surface area contributed by atoms with Crippen LogP contribution in [0.15, 0.2) is 12.7 Å². The number of nitrogen functional groups attached to an aromatic ring is 1. The maximum atomic E-state index is 12.2. The van der Waals surface area contributed by atoms with Gasteiger partial charge in [0, 0.05) is 6.42 Å². The van der Waals surface area contributed by atoms with Crippen LogP contribution in [0.3, 0.4) is 0 Å². The Kier molecular flexibility index (Phi) is 13.2. The summed E-state index contributed by atoms with van der Waals surface area (Å²) in [5.74, 6) is 3.00. The number of nitrogens with two attached hydrogens (primary N) is 1. The molecule has 2 rings (SSSR count). The van der Waals surface area contributed by atoms with Gasteiger partial charge in [0.15, 0.2) is 11.5 Å². The fourth-order valence-corrected chi connectivity index (χ4v) is 4.68. The molecule has 2 aromatic heterocycles. The van der Waals surface area contributed by atoms with Crippen LogP contribution in [-0.4, -0.2) is 43.5 Å². The molecule has 0 saturated heterocycles. The van der Waals surface area contributed by atoms with Crippen molar-refractivity contribution in [3.8, 4) is 12.3 Å². The summed E-state index contributed by atoms with van der Waals surface area (Å²) in [6.07, 6.45) is 21.4. The summed E-state index contributed by atoms with van der Waals surface area (Å²) in [5.41, 5.74) is 6.92. The van der Waals surface area contributed by atoms with Gasteiger partial charge in [0.25, 0.3) is 0 Å². The highest BCUT2D eigenvalue weighted by Crippen LogP contribution is 2.42. The van der Waals surface area contributed by atoms with E-state index >= 15 is 0 Å². The molecule has 1 unspecified atom stereocenters. The first-order chi connectivity index (χ1) is 16.4. The van der Waals surface area contributed by atoms with Crippen LogP contribution < -0.4 is 5.73 Å². The highest BCUT2D eigenvalue weighted by molar-refractivity contribution is 7.52. The molecule has 0 saturated carbocycles. The first kappa shape index (κ1) is 28.3. The molecule has 2 atom stereocenters. The van der Waals surface area contributed by atoms with E-state index in [0.29, 0.717) is 23.5 Å². The van der Waals surface area contributed by atoms with Crippen molar-refractivity contribution in [2.45, 2.75) is 96.6 Å². The summed E-state index contributed by atoms with van der Waals surface area (Å²) in [5, 5.41) is 0. The van der Waals surface area contributed by atoms with Crippen molar-refractivity contribution in [3.63, 3.8) is 0 Å². The molecule has 0 radical (unpaired) electrons. The molecule has 3 N–H and O–H groups in total. The van der Waals surface area contributed by atoms with Crippen LogP contribution >= 0.6 is 7.60 Å². The van der Waals surface area contributed by atoms with Crippen LogP contribution in [0.1, 0.15) is 84.0 Å². The molecule has 9 nitrogen and oxygen atoms in total. The van der Waals surface area contributed by atoms with Gasteiger partial charge in [-0.3, -0.25) is 4.57 Å². The summed E-state index contributed by atoms with van der Waals surface area (Å²) in [7, 11) is -3.78. The maximum absolute atomic E-state index is 12.2. The fraction of sp³-hybridized carbons (Fsp3) is 0.708. The van der Waals surface area contributed by atoms with Gasteiger partial charge >= 0.3 is 7.60 Å². The Morgan fingerprint density at radius 1 is 1.06 bits per heavy atom. The van der Waals surface area contributed by atoms with Crippen molar-refractivity contribution in [2.24, 2.45) is 0 Å². The lowest BCUT2D eigenvalue weighted by Crippen LogP contribution is -2.17. The molecule has 0 amide bonds. The van der Waals surface area contributed by atoms with Crippen LogP contribution in [-0.2, 0) is 20.4 Å². The van der Waals surface area contributed by atoms with Crippen LogP contribution in [0.4, 0.5) is 5.82 Å². The lowest BCUT2D eigenvalue weighted by atomic mass is 10.1. The van der Waals surface area contributed by atoms with Gasteiger partial charge in [-0.15, -0.1) is 12.3 Å². The molecule has 10 heteroatoms. The number of unbranched alkanes of at least 4 members (excludes halogenated alkanes) is 11. The smallest absolute Gasteiger partial charge is 0.353 e. The Bertz CT molecular complexity index is 930. The Balaban J connectivity index is 1.48. The SMILES string of the molecule is C#CCCCCCCCCCCCCCOP(=O)(O)CO[C@H](C)Cn1cnc2c(N)ncnc21. The number of aromatic nitrogens is 4. The summed E-state index contributed by atoms with van der Waals surface area (Å²) in [6, 6.07) is 0. The third kappa shape index (κ3) is 11.0. The van der Waals surface area contributed by atoms with Crippen molar-refractivity contribution in [2.75, 3.05) is 18.7 Å². The van der Waals surface area contributed by atoms with E-state index < -0.39 is 7.60 Å². The first-order valence-corrected chi connectivity index (χ1v) is 14.1. The molecule has 34 heavy (non-hydrogen) atoms. The van der Waals surface area contributed by atoms with Gasteiger partial charge in [0.05, 0.1) is 25.6 Å². The number of anilines is 1. The summed E-state index contributed by atoms with van der Waals surface area (Å²) >= 11 is 0. The lowest BCUT2D eigenvalue weighted by molar-refractivity contribution is 0.0715. The molecule has 0 spiro atoms. The molecule has 0 fully saturated rings. The molecule has 0 aliphatic rings. The highest BCUT2D eigenvalue weighted by atomic mass is 31.2. The minimum Gasteiger partial charge on any atom is -0.382 e. The molecule has 2 aromatic rings. The van der Waals surface area contributed by atoms with Crippen LogP contribution in [0.5, 0.6) is 0 Å². The molecule has 2 heterocycles. The highest BCUT2D eigenvalue weighted by Gasteiger charge is 2.21. The van der Waals surface area contributed by atoms with Crippen molar-refractivity contribution < 1.29 is 18.7 Å². The largest absolute Gasteiger partial charge is 0.382 e. The van der Waals surface area contributed by atoms with E-state index in [0.717, 1.165) is 32.1 Å². The quantitative estimate of drug-likeness (QED) is 0.154. The van der Waals surface area contributed by atoms with Gasteiger partial charge in [-0.25, -0.2) is 15.0 Å². The van der Waals surface area contributed by atoms with Gasteiger partial charge in [0.1, 0.15) is 18.2 Å². The Hall–Kier alpha value is -1.98. The van der Waals surface area contributed by atoms with Crippen LogP contribution in [0, 0.1) is 12.3 Å². The predicted octanol–water partition coefficient (Wildman–Crippen LogP) is 5.29. The summed E-state index contributed by atoms with van der Waals surface area (Å²) in [6.45, 7) is 2.50. The third-order valence-corrected chi connectivity index (χ3v) is 6.73. The van der Waals surface area contributed by atoms with Gasteiger partial charge in [-0.05, 0) is 19.8 Å². The van der Waals surface area contributed by atoms with E-state index in [4.69, 9.17) is 21.4 Å². The average Bonchev–Trinajstić information content (AvgIpc) is 3.22. The minimum atomic E-state index is -3.78. The molecule has 0 aliphatic heterocycles. The Morgan fingerprint density at radius 2 is 1.68 bits per heavy atom. The predicted molar refractivity (Wildman–Crippen MR) is 135 cm³/mol. The Labute approximate surface area is 203 Å². The normalized spacial score (nSPS) is 14.1. The third-order valence-electron chi connectivity index (χ3n) is 5.66. The van der Waals surface area contributed by atoms with Crippen LogP contribution in [0.25, 0.3) is 11.2 Å². The van der Waals surface area contributed by atoms with E-state index in [2.05, 4.69) is 20.9 Å². The number of hydrogen-bond donors (Lipinski definition) is 2. The van der Waals surface area contributed by atoms with Crippen LogP contribution in [0.2, 0.25) is 0 Å². The van der Waals surface area contributed by atoms with Gasteiger partial charge in [0.2, 0.25) is 0 Å². The molecule has 0 aliphatic carbocycles. The summed E-state index contributed by atoms with van der Waals surface area (Å²) < 4.78 is 24.8. The molecule has 0 aromatic carbocycles. The van der Waals surface area contributed by atoms with Gasteiger partial charge in [-0.1, -0.05) is 57.8 Å². The van der Waals surface area contributed by atoms with Crippen molar-refractivity contribution in [3.05, 3.63) is 12.7 Å². The number of nitrogens with zero attached hydrogens (tertiary/aromatic N) is 4. The number of terminal acetylenes is 1. The van der Waals surface area contributed by atoms with Crippen molar-refractivity contribution in [1.29, 1.82) is 0 Å². The summed E-state index contributed by atoms with van der Waals surface area (Å²) in [4.78, 5) is 22.3. The van der Waals surface area contributed by atoms with Crippen molar-refractivity contribution in [1.82, 2.24) is 19.5 Å². The van der Waals surface area contributed by atoms with Crippen molar-refractivity contribution >= 4 is 24.6 Å². The lowest BCUT2D eigenvalue weighted by Gasteiger charge is -2.17. The van der Waals surface area contributed by atoms with E-state index in [1.165, 1.54) is 51.3 Å². The molecular weight excluding hydrogens is 453 g/mol. The zero-order valence-electron chi connectivity index (χ0n) is 20.4. The zero-order valence-corrected chi connectivity index (χ0v) is 21.3. The second-order valence-corrected chi connectivity index (χ2v) is 10.5. The number of hydrogen-bond acceptors (Lipinski definition) is 7. The number of imidazole rings is 1. The van der Waals surface area contributed by atoms with Gasteiger partial charge < -0.3 is 24.5 Å². The molecule has 190 valence electrons. The number of rotatable bonds is 19. The second-order valence-electron chi connectivity index (χ2n) is 8.75. The first-order valence-electron chi connectivity index (χ1n) is 12.4. The minimum absolute atomic E-state index is 0.269. The van der Waals surface area contributed by atoms with E-state index in [1.54, 1.807) is 10.9 Å². The number of fused-ring (bicyclic) bond motifs is 1. The molecule has 0 bridgehead atoms. The molecular formula is C24H40N5O4P. The maximum Gasteiger partial charge on any atom is 0.353 e.